The van der Waals surface area contributed by atoms with Crippen LogP contribution in [0.1, 0.15) is 23.7 Å². The Labute approximate surface area is 172 Å². The monoisotopic (exact) mass is 412 g/mol. The summed E-state index contributed by atoms with van der Waals surface area (Å²) in [4.78, 5) is 28.9. The molecule has 0 saturated heterocycles. The largest absolute Gasteiger partial charge is 0.452 e. The van der Waals surface area contributed by atoms with Gasteiger partial charge in [-0.1, -0.05) is 17.7 Å². The van der Waals surface area contributed by atoms with Gasteiger partial charge in [-0.2, -0.15) is 0 Å². The van der Waals surface area contributed by atoms with E-state index in [1.807, 2.05) is 32.0 Å². The maximum Gasteiger partial charge on any atom is 0.312 e. The zero-order valence-electron chi connectivity index (χ0n) is 16.4. The summed E-state index contributed by atoms with van der Waals surface area (Å²) >= 11 is 1.36. The number of carbonyl (C=O) groups is 2. The third-order valence-corrected chi connectivity index (χ3v) is 5.23. The molecule has 3 rings (SSSR count). The van der Waals surface area contributed by atoms with Crippen molar-refractivity contribution in [3.8, 4) is 10.6 Å². The highest BCUT2D eigenvalue weighted by atomic mass is 32.1. The first-order valence-electron chi connectivity index (χ1n) is 9.10. The van der Waals surface area contributed by atoms with E-state index in [2.05, 4.69) is 10.3 Å². The molecule has 0 radical (unpaired) electrons. The second kappa shape index (κ2) is 8.96. The molecule has 29 heavy (non-hydrogen) atoms. The van der Waals surface area contributed by atoms with Gasteiger partial charge in [-0.3, -0.25) is 9.59 Å². The van der Waals surface area contributed by atoms with E-state index in [-0.39, 0.29) is 12.2 Å². The minimum absolute atomic E-state index is 0.0428. The average Bonchev–Trinajstić information content (AvgIpc) is 3.12. The van der Waals surface area contributed by atoms with E-state index in [1.165, 1.54) is 30.4 Å². The zero-order valence-corrected chi connectivity index (χ0v) is 17.2. The topological polar surface area (TPSA) is 68.3 Å². The molecule has 0 bridgehead atoms. The Bertz CT molecular complexity index is 1030. The minimum Gasteiger partial charge on any atom is -0.452 e. The number of halogens is 1. The lowest BCUT2D eigenvalue weighted by molar-refractivity contribution is -0.152. The van der Waals surface area contributed by atoms with Crippen LogP contribution in [-0.4, -0.2) is 23.0 Å². The standard InChI is InChI=1S/C22H21FN2O3S/c1-13-4-9-19(14(2)10-13)25-21(27)15(3)28-20(26)11-18-12-29-22(24-18)16-5-7-17(23)8-6-16/h4-10,12,15H,11H2,1-3H3,(H,25,27)/t15-/m1/s1. The van der Waals surface area contributed by atoms with Crippen molar-refractivity contribution in [3.63, 3.8) is 0 Å². The smallest absolute Gasteiger partial charge is 0.312 e. The molecule has 1 heterocycles. The molecule has 0 fully saturated rings. The number of thiazole rings is 1. The summed E-state index contributed by atoms with van der Waals surface area (Å²) in [5.74, 6) is -1.25. The maximum absolute atomic E-state index is 13.0. The number of hydrogen-bond donors (Lipinski definition) is 1. The van der Waals surface area contributed by atoms with Gasteiger partial charge >= 0.3 is 5.97 Å². The predicted molar refractivity (Wildman–Crippen MR) is 111 cm³/mol. The van der Waals surface area contributed by atoms with Crippen molar-refractivity contribution in [3.05, 3.63) is 70.5 Å². The van der Waals surface area contributed by atoms with Crippen LogP contribution in [0.15, 0.2) is 47.8 Å². The van der Waals surface area contributed by atoms with Gasteiger partial charge in [0.1, 0.15) is 10.8 Å². The van der Waals surface area contributed by atoms with Gasteiger partial charge in [-0.15, -0.1) is 11.3 Å². The van der Waals surface area contributed by atoms with Crippen LogP contribution >= 0.6 is 11.3 Å². The van der Waals surface area contributed by atoms with E-state index in [9.17, 15) is 14.0 Å². The van der Waals surface area contributed by atoms with Gasteiger partial charge in [0.2, 0.25) is 0 Å². The number of hydrogen-bond acceptors (Lipinski definition) is 5. The summed E-state index contributed by atoms with van der Waals surface area (Å²) in [5, 5.41) is 5.21. The van der Waals surface area contributed by atoms with Crippen LogP contribution in [0.3, 0.4) is 0 Å². The van der Waals surface area contributed by atoms with Crippen LogP contribution < -0.4 is 5.32 Å². The van der Waals surface area contributed by atoms with Gasteiger partial charge < -0.3 is 10.1 Å². The molecular formula is C22H21FN2O3S. The Morgan fingerprint density at radius 3 is 2.59 bits per heavy atom. The lowest BCUT2D eigenvalue weighted by Gasteiger charge is -2.14. The van der Waals surface area contributed by atoms with Gasteiger partial charge in [0.05, 0.1) is 12.1 Å². The van der Waals surface area contributed by atoms with Gasteiger partial charge in [-0.25, -0.2) is 9.37 Å². The van der Waals surface area contributed by atoms with Crippen LogP contribution in [0.2, 0.25) is 0 Å². The van der Waals surface area contributed by atoms with E-state index >= 15 is 0 Å². The van der Waals surface area contributed by atoms with E-state index in [0.717, 1.165) is 16.7 Å². The molecule has 1 amide bonds. The summed E-state index contributed by atoms with van der Waals surface area (Å²) in [6, 6.07) is 11.7. The number of anilines is 1. The number of aryl methyl sites for hydroxylation is 2. The number of carbonyl (C=O) groups excluding carboxylic acids is 2. The molecule has 3 aromatic rings. The Morgan fingerprint density at radius 2 is 1.90 bits per heavy atom. The molecule has 0 spiro atoms. The van der Waals surface area contributed by atoms with Gasteiger partial charge in [0.25, 0.3) is 5.91 Å². The number of aromatic nitrogens is 1. The summed E-state index contributed by atoms with van der Waals surface area (Å²) in [6.45, 7) is 5.41. The second-order valence-corrected chi connectivity index (χ2v) is 7.63. The maximum atomic E-state index is 13.0. The van der Waals surface area contributed by atoms with Crippen molar-refractivity contribution in [1.29, 1.82) is 0 Å². The van der Waals surface area contributed by atoms with Gasteiger partial charge in [0, 0.05) is 16.6 Å². The van der Waals surface area contributed by atoms with Crippen molar-refractivity contribution >= 4 is 28.9 Å². The number of nitrogens with zero attached hydrogens (tertiary/aromatic N) is 1. The third-order valence-electron chi connectivity index (χ3n) is 4.29. The second-order valence-electron chi connectivity index (χ2n) is 6.77. The van der Waals surface area contributed by atoms with E-state index in [0.29, 0.717) is 16.4 Å². The molecule has 2 aromatic carbocycles. The Hall–Kier alpha value is -3.06. The van der Waals surface area contributed by atoms with Crippen molar-refractivity contribution in [2.24, 2.45) is 0 Å². The fourth-order valence-corrected chi connectivity index (χ4v) is 3.57. The number of nitrogens with one attached hydrogen (secondary N) is 1. The number of ether oxygens (including phenoxy) is 1. The first kappa shape index (κ1) is 20.7. The molecule has 0 aliphatic heterocycles. The summed E-state index contributed by atoms with van der Waals surface area (Å²) in [7, 11) is 0. The summed E-state index contributed by atoms with van der Waals surface area (Å²) in [6.07, 6.45) is -0.975. The number of rotatable bonds is 6. The Kier molecular flexibility index (Phi) is 6.39. The van der Waals surface area contributed by atoms with E-state index in [1.54, 1.807) is 17.5 Å². The molecule has 0 aliphatic carbocycles. The Balaban J connectivity index is 1.56. The summed E-state index contributed by atoms with van der Waals surface area (Å²) < 4.78 is 18.3. The molecule has 0 aliphatic rings. The highest BCUT2D eigenvalue weighted by Gasteiger charge is 2.19. The van der Waals surface area contributed by atoms with Crippen molar-refractivity contribution in [1.82, 2.24) is 4.98 Å². The summed E-state index contributed by atoms with van der Waals surface area (Å²) in [5.41, 5.74) is 4.04. The van der Waals surface area contributed by atoms with E-state index < -0.39 is 18.0 Å². The van der Waals surface area contributed by atoms with Crippen LogP contribution in [0.4, 0.5) is 10.1 Å². The van der Waals surface area contributed by atoms with Crippen LogP contribution in [0.5, 0.6) is 0 Å². The Morgan fingerprint density at radius 1 is 1.17 bits per heavy atom. The molecule has 1 atom stereocenters. The highest BCUT2D eigenvalue weighted by molar-refractivity contribution is 7.13. The molecule has 0 unspecified atom stereocenters. The van der Waals surface area contributed by atoms with Gasteiger partial charge in [-0.05, 0) is 56.7 Å². The molecule has 5 nitrogen and oxygen atoms in total. The van der Waals surface area contributed by atoms with Crippen LogP contribution in [0, 0.1) is 19.7 Å². The van der Waals surface area contributed by atoms with Crippen molar-refractivity contribution in [2.45, 2.75) is 33.3 Å². The SMILES string of the molecule is Cc1ccc(NC(=O)[C@@H](C)OC(=O)Cc2csc(-c3ccc(F)cc3)n2)c(C)c1. The molecular weight excluding hydrogens is 391 g/mol. The quantitative estimate of drug-likeness (QED) is 0.597. The van der Waals surface area contributed by atoms with Crippen molar-refractivity contribution in [2.75, 3.05) is 5.32 Å². The van der Waals surface area contributed by atoms with Crippen LogP contribution in [0.25, 0.3) is 10.6 Å². The molecule has 1 N–H and O–H groups in total. The normalized spacial score (nSPS) is 11.7. The fourth-order valence-electron chi connectivity index (χ4n) is 2.74. The fraction of sp³-hybridized carbons (Fsp3) is 0.227. The molecule has 1 aromatic heterocycles. The number of amides is 1. The van der Waals surface area contributed by atoms with Gasteiger partial charge in [0.15, 0.2) is 6.10 Å². The first-order valence-corrected chi connectivity index (χ1v) is 9.97. The highest BCUT2D eigenvalue weighted by Crippen LogP contribution is 2.24. The van der Waals surface area contributed by atoms with Crippen molar-refractivity contribution < 1.29 is 18.7 Å². The number of esters is 1. The lowest BCUT2D eigenvalue weighted by Crippen LogP contribution is -2.30. The first-order chi connectivity index (χ1) is 13.8. The zero-order chi connectivity index (χ0) is 21.0. The molecule has 150 valence electrons. The van der Waals surface area contributed by atoms with E-state index in [4.69, 9.17) is 4.74 Å². The van der Waals surface area contributed by atoms with Crippen LogP contribution in [-0.2, 0) is 20.7 Å². The predicted octanol–water partition coefficient (Wildman–Crippen LogP) is 4.68. The molecule has 0 saturated carbocycles. The number of benzene rings is 2. The average molecular weight is 412 g/mol. The lowest BCUT2D eigenvalue weighted by atomic mass is 10.1. The third kappa shape index (κ3) is 5.48. The molecule has 7 heteroatoms. The minimum atomic E-state index is -0.932.